The molecule has 0 aliphatic carbocycles. The average molecular weight is 425 g/mol. The molecule has 0 amide bonds. The standard InChI is InChI=1S/C22H24N4O3S/c1-26(2)30(27,28)21-13-11-17(12-14-21)16-24-22(23)25-18-7-6-10-20(15-18)29-19-8-4-3-5-9-19/h3-15H,16H2,1-2H3,(H3,23,24,25). The van der Waals surface area contributed by atoms with Gasteiger partial charge in [-0.15, -0.1) is 0 Å². The zero-order chi connectivity index (χ0) is 21.6. The van der Waals surface area contributed by atoms with E-state index in [2.05, 4.69) is 10.3 Å². The van der Waals surface area contributed by atoms with Crippen molar-refractivity contribution in [3.63, 3.8) is 0 Å². The number of nitrogens with two attached hydrogens (primary N) is 1. The Morgan fingerprint density at radius 3 is 2.30 bits per heavy atom. The molecule has 8 heteroatoms. The van der Waals surface area contributed by atoms with E-state index in [0.717, 1.165) is 17.0 Å². The van der Waals surface area contributed by atoms with Crippen LogP contribution in [0.5, 0.6) is 11.5 Å². The van der Waals surface area contributed by atoms with Crippen molar-refractivity contribution >= 4 is 21.7 Å². The minimum Gasteiger partial charge on any atom is -0.457 e. The molecule has 0 aliphatic rings. The van der Waals surface area contributed by atoms with Crippen LogP contribution in [0.1, 0.15) is 5.56 Å². The van der Waals surface area contributed by atoms with Gasteiger partial charge in [-0.3, -0.25) is 0 Å². The van der Waals surface area contributed by atoms with Crippen molar-refractivity contribution in [3.05, 3.63) is 84.4 Å². The van der Waals surface area contributed by atoms with E-state index in [1.54, 1.807) is 24.3 Å². The molecule has 0 spiro atoms. The highest BCUT2D eigenvalue weighted by Gasteiger charge is 2.16. The van der Waals surface area contributed by atoms with Crippen LogP contribution in [0.4, 0.5) is 5.69 Å². The molecule has 3 rings (SSSR count). The van der Waals surface area contributed by atoms with Gasteiger partial charge in [0.15, 0.2) is 5.96 Å². The van der Waals surface area contributed by atoms with Crippen LogP contribution in [-0.2, 0) is 16.6 Å². The molecule has 0 bridgehead atoms. The Morgan fingerprint density at radius 1 is 0.967 bits per heavy atom. The van der Waals surface area contributed by atoms with Crippen molar-refractivity contribution in [2.75, 3.05) is 19.4 Å². The molecule has 0 radical (unpaired) electrons. The molecule has 30 heavy (non-hydrogen) atoms. The summed E-state index contributed by atoms with van der Waals surface area (Å²) in [6, 6.07) is 23.5. The van der Waals surface area contributed by atoms with Crippen molar-refractivity contribution in [1.29, 1.82) is 0 Å². The molecule has 3 aromatic carbocycles. The van der Waals surface area contributed by atoms with Gasteiger partial charge in [-0.1, -0.05) is 36.4 Å². The van der Waals surface area contributed by atoms with Crippen molar-refractivity contribution in [3.8, 4) is 11.5 Å². The summed E-state index contributed by atoms with van der Waals surface area (Å²) in [7, 11) is -0.444. The first-order valence-electron chi connectivity index (χ1n) is 9.26. The number of guanidine groups is 1. The number of sulfonamides is 1. The Balaban J connectivity index is 1.62. The lowest BCUT2D eigenvalue weighted by molar-refractivity contribution is 0.483. The molecule has 3 aromatic rings. The van der Waals surface area contributed by atoms with Gasteiger partial charge < -0.3 is 15.8 Å². The lowest BCUT2D eigenvalue weighted by Crippen LogP contribution is -2.22. The van der Waals surface area contributed by atoms with Crippen LogP contribution in [0.15, 0.2) is 88.8 Å². The SMILES string of the molecule is CN(C)S(=O)(=O)c1ccc(CN=C(N)Nc2cccc(Oc3ccccc3)c2)cc1. The fourth-order valence-corrected chi connectivity index (χ4v) is 3.51. The smallest absolute Gasteiger partial charge is 0.242 e. The molecule has 0 aromatic heterocycles. The van der Waals surface area contributed by atoms with Crippen LogP contribution in [0.3, 0.4) is 0 Å². The Kier molecular flexibility index (Phi) is 6.71. The van der Waals surface area contributed by atoms with Gasteiger partial charge >= 0.3 is 0 Å². The molecule has 0 heterocycles. The Morgan fingerprint density at radius 2 is 1.63 bits per heavy atom. The third-order valence-electron chi connectivity index (χ3n) is 4.22. The topological polar surface area (TPSA) is 97.0 Å². The normalized spacial score (nSPS) is 12.0. The number of ether oxygens (including phenoxy) is 1. The van der Waals surface area contributed by atoms with Gasteiger partial charge in [-0.25, -0.2) is 17.7 Å². The lowest BCUT2D eigenvalue weighted by Gasteiger charge is -2.11. The zero-order valence-corrected chi connectivity index (χ0v) is 17.6. The maximum absolute atomic E-state index is 12.1. The highest BCUT2D eigenvalue weighted by molar-refractivity contribution is 7.89. The molecule has 0 saturated carbocycles. The quantitative estimate of drug-likeness (QED) is 0.446. The monoisotopic (exact) mass is 424 g/mol. The van der Waals surface area contributed by atoms with E-state index in [0.29, 0.717) is 12.3 Å². The Bertz CT molecular complexity index is 1110. The second-order valence-electron chi connectivity index (χ2n) is 6.70. The first-order valence-corrected chi connectivity index (χ1v) is 10.7. The number of rotatable bonds is 7. The van der Waals surface area contributed by atoms with Crippen molar-refractivity contribution in [1.82, 2.24) is 4.31 Å². The van der Waals surface area contributed by atoms with Crippen LogP contribution in [-0.4, -0.2) is 32.8 Å². The summed E-state index contributed by atoms with van der Waals surface area (Å²) < 4.78 is 31.2. The molecule has 0 saturated heterocycles. The van der Waals surface area contributed by atoms with E-state index in [1.165, 1.54) is 18.4 Å². The van der Waals surface area contributed by atoms with E-state index in [4.69, 9.17) is 10.5 Å². The van der Waals surface area contributed by atoms with Crippen LogP contribution in [0.25, 0.3) is 0 Å². The molecule has 7 nitrogen and oxygen atoms in total. The van der Waals surface area contributed by atoms with Crippen LogP contribution in [0.2, 0.25) is 0 Å². The van der Waals surface area contributed by atoms with E-state index in [1.807, 2.05) is 54.6 Å². The van der Waals surface area contributed by atoms with Crippen molar-refractivity contribution < 1.29 is 13.2 Å². The molecular formula is C22H24N4O3S. The predicted molar refractivity (Wildman–Crippen MR) is 119 cm³/mol. The molecular weight excluding hydrogens is 400 g/mol. The van der Waals surface area contributed by atoms with Gasteiger partial charge in [0.2, 0.25) is 10.0 Å². The Labute approximate surface area is 176 Å². The van der Waals surface area contributed by atoms with Gasteiger partial charge in [-0.2, -0.15) is 0 Å². The molecule has 3 N–H and O–H groups in total. The summed E-state index contributed by atoms with van der Waals surface area (Å²) in [6.07, 6.45) is 0. The van der Waals surface area contributed by atoms with E-state index in [-0.39, 0.29) is 10.9 Å². The van der Waals surface area contributed by atoms with E-state index < -0.39 is 10.0 Å². The summed E-state index contributed by atoms with van der Waals surface area (Å²) in [5, 5.41) is 3.03. The fraction of sp³-hybridized carbons (Fsp3) is 0.136. The Hall–Kier alpha value is -3.36. The van der Waals surface area contributed by atoms with Gasteiger partial charge in [0, 0.05) is 25.8 Å². The summed E-state index contributed by atoms with van der Waals surface area (Å²) in [5.74, 6) is 1.67. The third-order valence-corrected chi connectivity index (χ3v) is 6.05. The molecule has 0 atom stereocenters. The number of benzene rings is 3. The highest BCUT2D eigenvalue weighted by Crippen LogP contribution is 2.23. The number of para-hydroxylation sites is 1. The van der Waals surface area contributed by atoms with E-state index >= 15 is 0 Å². The van der Waals surface area contributed by atoms with Crippen LogP contribution in [0, 0.1) is 0 Å². The maximum atomic E-state index is 12.1. The number of nitrogens with zero attached hydrogens (tertiary/aromatic N) is 2. The second kappa shape index (κ2) is 9.43. The van der Waals surface area contributed by atoms with Gasteiger partial charge in [0.05, 0.1) is 11.4 Å². The number of hydrogen-bond acceptors (Lipinski definition) is 4. The van der Waals surface area contributed by atoms with Gasteiger partial charge in [0.1, 0.15) is 11.5 Å². The highest BCUT2D eigenvalue weighted by atomic mass is 32.2. The lowest BCUT2D eigenvalue weighted by atomic mass is 10.2. The summed E-state index contributed by atoms with van der Waals surface area (Å²) in [5.41, 5.74) is 7.58. The first-order chi connectivity index (χ1) is 14.3. The van der Waals surface area contributed by atoms with E-state index in [9.17, 15) is 8.42 Å². The van der Waals surface area contributed by atoms with Gasteiger partial charge in [0.25, 0.3) is 0 Å². The molecule has 0 unspecified atom stereocenters. The largest absolute Gasteiger partial charge is 0.457 e. The predicted octanol–water partition coefficient (Wildman–Crippen LogP) is 3.66. The third kappa shape index (κ3) is 5.59. The fourth-order valence-electron chi connectivity index (χ4n) is 2.60. The zero-order valence-electron chi connectivity index (χ0n) is 16.8. The minimum absolute atomic E-state index is 0.238. The second-order valence-corrected chi connectivity index (χ2v) is 8.85. The summed E-state index contributed by atoms with van der Waals surface area (Å²) in [4.78, 5) is 4.55. The number of aliphatic imine (C=N–C) groups is 1. The number of nitrogens with one attached hydrogen (secondary N) is 1. The first kappa shape index (κ1) is 21.4. The molecule has 0 aliphatic heterocycles. The maximum Gasteiger partial charge on any atom is 0.242 e. The molecule has 156 valence electrons. The minimum atomic E-state index is -3.44. The molecule has 0 fully saturated rings. The summed E-state index contributed by atoms with van der Waals surface area (Å²) in [6.45, 7) is 0.321. The average Bonchev–Trinajstić information content (AvgIpc) is 2.73. The van der Waals surface area contributed by atoms with Crippen molar-refractivity contribution in [2.45, 2.75) is 11.4 Å². The van der Waals surface area contributed by atoms with Crippen LogP contribution < -0.4 is 15.8 Å². The van der Waals surface area contributed by atoms with Crippen LogP contribution >= 0.6 is 0 Å². The van der Waals surface area contributed by atoms with Gasteiger partial charge in [-0.05, 0) is 42.0 Å². The number of anilines is 1. The summed E-state index contributed by atoms with van der Waals surface area (Å²) >= 11 is 0. The number of hydrogen-bond donors (Lipinski definition) is 2. The van der Waals surface area contributed by atoms with Crippen molar-refractivity contribution in [2.24, 2.45) is 10.7 Å².